The van der Waals surface area contributed by atoms with Gasteiger partial charge in [0.15, 0.2) is 0 Å². The minimum atomic E-state index is -0.510. The van der Waals surface area contributed by atoms with Gasteiger partial charge in [-0.15, -0.1) is 0 Å². The van der Waals surface area contributed by atoms with Crippen LogP contribution in [-0.4, -0.2) is 59.3 Å². The van der Waals surface area contributed by atoms with Crippen molar-refractivity contribution in [2.24, 2.45) is 5.73 Å². The molecule has 3 rings (SSSR count). The third-order valence-electron chi connectivity index (χ3n) is 4.74. The number of H-pyrrole nitrogens is 1. The van der Waals surface area contributed by atoms with Crippen LogP contribution in [0, 0.1) is 0 Å². The maximum absolute atomic E-state index is 12.5. The topological polar surface area (TPSA) is 82.4 Å². The highest BCUT2D eigenvalue weighted by Gasteiger charge is 2.32. The normalized spacial score (nSPS) is 18.9. The summed E-state index contributed by atoms with van der Waals surface area (Å²) >= 11 is 0. The predicted molar refractivity (Wildman–Crippen MR) is 93.4 cm³/mol. The Morgan fingerprint density at radius 1 is 1.29 bits per heavy atom. The van der Waals surface area contributed by atoms with Crippen LogP contribution in [0.3, 0.4) is 0 Å². The molecule has 0 saturated carbocycles. The number of nitrogens with zero attached hydrogens (tertiary/aromatic N) is 2. The fourth-order valence-electron chi connectivity index (χ4n) is 3.37. The number of piperazine rings is 1. The van der Waals surface area contributed by atoms with E-state index in [1.54, 1.807) is 4.90 Å². The van der Waals surface area contributed by atoms with Crippen LogP contribution >= 0.6 is 0 Å². The van der Waals surface area contributed by atoms with E-state index in [1.807, 2.05) is 36.3 Å². The van der Waals surface area contributed by atoms with Gasteiger partial charge in [-0.05, 0) is 31.5 Å². The second kappa shape index (κ2) is 7.05. The average Bonchev–Trinajstić information content (AvgIpc) is 2.98. The van der Waals surface area contributed by atoms with Gasteiger partial charge in [0, 0.05) is 43.2 Å². The Balaban J connectivity index is 1.58. The molecule has 2 amide bonds. The van der Waals surface area contributed by atoms with Crippen molar-refractivity contribution in [3.05, 3.63) is 36.0 Å². The van der Waals surface area contributed by atoms with Gasteiger partial charge in [0.1, 0.15) is 6.04 Å². The van der Waals surface area contributed by atoms with Gasteiger partial charge in [-0.3, -0.25) is 9.59 Å². The predicted octanol–water partition coefficient (Wildman–Crippen LogP) is 1.12. The number of para-hydroxylation sites is 1. The molecule has 0 spiro atoms. The Morgan fingerprint density at radius 3 is 2.88 bits per heavy atom. The Hall–Kier alpha value is -2.34. The zero-order valence-corrected chi connectivity index (χ0v) is 14.0. The van der Waals surface area contributed by atoms with Crippen molar-refractivity contribution in [1.29, 1.82) is 0 Å². The first-order valence-corrected chi connectivity index (χ1v) is 8.38. The number of nitrogens with one attached hydrogen (secondary N) is 1. The Morgan fingerprint density at radius 2 is 2.08 bits per heavy atom. The van der Waals surface area contributed by atoms with Crippen molar-refractivity contribution in [3.8, 4) is 0 Å². The van der Waals surface area contributed by atoms with Crippen LogP contribution in [0.25, 0.3) is 10.9 Å². The third-order valence-corrected chi connectivity index (χ3v) is 4.74. The van der Waals surface area contributed by atoms with Crippen LogP contribution in [0.5, 0.6) is 0 Å². The van der Waals surface area contributed by atoms with Gasteiger partial charge in [-0.2, -0.15) is 0 Å². The zero-order chi connectivity index (χ0) is 17.1. The molecule has 1 aromatic carbocycles. The van der Waals surface area contributed by atoms with Crippen molar-refractivity contribution in [3.63, 3.8) is 0 Å². The standard InChI is InChI=1S/C18H24N4O2/c1-21-9-10-22(16(12-21)18(19)24)17(23)8-4-5-13-11-20-15-7-3-2-6-14(13)15/h2-3,6-7,11,16,20H,4-5,8-10,12H2,1H3,(H2,19,24)/t16-/m0/s1. The van der Waals surface area contributed by atoms with Crippen LogP contribution in [0.15, 0.2) is 30.5 Å². The van der Waals surface area contributed by atoms with Crippen LogP contribution in [0.2, 0.25) is 0 Å². The lowest BCUT2D eigenvalue weighted by molar-refractivity contribution is -0.142. The molecule has 0 unspecified atom stereocenters. The van der Waals surface area contributed by atoms with E-state index in [4.69, 9.17) is 5.73 Å². The maximum Gasteiger partial charge on any atom is 0.241 e. The number of carbonyl (C=O) groups excluding carboxylic acids is 2. The maximum atomic E-state index is 12.5. The highest BCUT2D eigenvalue weighted by molar-refractivity contribution is 5.87. The molecule has 0 radical (unpaired) electrons. The second-order valence-electron chi connectivity index (χ2n) is 6.48. The third kappa shape index (κ3) is 3.43. The number of aryl methyl sites for hydroxylation is 1. The van der Waals surface area contributed by atoms with E-state index in [-0.39, 0.29) is 5.91 Å². The molecule has 0 bridgehead atoms. The molecule has 1 aromatic heterocycles. The van der Waals surface area contributed by atoms with Gasteiger partial charge in [-0.25, -0.2) is 0 Å². The lowest BCUT2D eigenvalue weighted by Crippen LogP contribution is -2.59. The molecule has 2 heterocycles. The van der Waals surface area contributed by atoms with Crippen molar-refractivity contribution in [2.45, 2.75) is 25.3 Å². The van der Waals surface area contributed by atoms with E-state index >= 15 is 0 Å². The van der Waals surface area contributed by atoms with Gasteiger partial charge in [0.25, 0.3) is 0 Å². The number of fused-ring (bicyclic) bond motifs is 1. The molecule has 6 heteroatoms. The molecule has 1 aliphatic rings. The lowest BCUT2D eigenvalue weighted by Gasteiger charge is -2.38. The average molecular weight is 328 g/mol. The smallest absolute Gasteiger partial charge is 0.241 e. The number of nitrogens with two attached hydrogens (primary N) is 1. The Bertz CT molecular complexity index is 739. The van der Waals surface area contributed by atoms with Gasteiger partial charge in [0.2, 0.25) is 11.8 Å². The summed E-state index contributed by atoms with van der Waals surface area (Å²) in [4.78, 5) is 31.1. The van der Waals surface area contributed by atoms with Crippen molar-refractivity contribution >= 4 is 22.7 Å². The fourth-order valence-corrected chi connectivity index (χ4v) is 3.37. The van der Waals surface area contributed by atoms with Gasteiger partial charge < -0.3 is 20.5 Å². The summed E-state index contributed by atoms with van der Waals surface area (Å²) in [6.45, 7) is 1.86. The molecule has 3 N–H and O–H groups in total. The zero-order valence-electron chi connectivity index (χ0n) is 14.0. The molecule has 1 aliphatic heterocycles. The van der Waals surface area contributed by atoms with Crippen LogP contribution in [0.4, 0.5) is 0 Å². The summed E-state index contributed by atoms with van der Waals surface area (Å²) in [5.74, 6) is -0.404. The van der Waals surface area contributed by atoms with Gasteiger partial charge in [0.05, 0.1) is 0 Å². The number of amides is 2. The summed E-state index contributed by atoms with van der Waals surface area (Å²) in [7, 11) is 1.94. The van der Waals surface area contributed by atoms with Crippen LogP contribution in [-0.2, 0) is 16.0 Å². The number of benzene rings is 1. The number of hydrogen-bond donors (Lipinski definition) is 2. The van der Waals surface area contributed by atoms with Gasteiger partial charge in [-0.1, -0.05) is 18.2 Å². The molecule has 2 aromatic rings. The van der Waals surface area contributed by atoms with Crippen molar-refractivity contribution in [2.75, 3.05) is 26.7 Å². The first-order chi connectivity index (χ1) is 11.6. The van der Waals surface area contributed by atoms with E-state index in [0.29, 0.717) is 19.5 Å². The summed E-state index contributed by atoms with van der Waals surface area (Å²) in [6, 6.07) is 7.65. The summed E-state index contributed by atoms with van der Waals surface area (Å²) < 4.78 is 0. The first kappa shape index (κ1) is 16.5. The van der Waals surface area contributed by atoms with Crippen LogP contribution < -0.4 is 5.73 Å². The Labute approximate surface area is 141 Å². The molecule has 1 fully saturated rings. The lowest BCUT2D eigenvalue weighted by atomic mass is 10.1. The fraction of sp³-hybridized carbons (Fsp3) is 0.444. The molecule has 1 saturated heterocycles. The van der Waals surface area contributed by atoms with Crippen LogP contribution in [0.1, 0.15) is 18.4 Å². The molecule has 24 heavy (non-hydrogen) atoms. The minimum Gasteiger partial charge on any atom is -0.368 e. The summed E-state index contributed by atoms with van der Waals surface area (Å²) in [5, 5.41) is 1.21. The number of carbonyl (C=O) groups is 2. The minimum absolute atomic E-state index is 0.0201. The Kier molecular flexibility index (Phi) is 4.85. The largest absolute Gasteiger partial charge is 0.368 e. The quantitative estimate of drug-likeness (QED) is 0.863. The van der Waals surface area contributed by atoms with E-state index in [0.717, 1.165) is 24.9 Å². The highest BCUT2D eigenvalue weighted by Crippen LogP contribution is 2.20. The number of aromatic amines is 1. The molecular formula is C18H24N4O2. The van der Waals surface area contributed by atoms with E-state index in [9.17, 15) is 9.59 Å². The summed E-state index contributed by atoms with van der Waals surface area (Å²) in [6.07, 6.45) is 4.05. The van der Waals surface area contributed by atoms with Gasteiger partial charge >= 0.3 is 0 Å². The number of aromatic nitrogens is 1. The molecule has 1 atom stereocenters. The number of rotatable bonds is 5. The highest BCUT2D eigenvalue weighted by atomic mass is 16.2. The SMILES string of the molecule is CN1CCN(C(=O)CCCc2c[nH]c3ccccc23)[C@H](C(N)=O)C1. The molecular weight excluding hydrogens is 304 g/mol. The monoisotopic (exact) mass is 328 g/mol. The summed E-state index contributed by atoms with van der Waals surface area (Å²) in [5.41, 5.74) is 7.80. The van der Waals surface area contributed by atoms with E-state index in [1.165, 1.54) is 10.9 Å². The number of hydrogen-bond acceptors (Lipinski definition) is 3. The number of primary amides is 1. The molecule has 0 aliphatic carbocycles. The van der Waals surface area contributed by atoms with Crippen molar-refractivity contribution in [1.82, 2.24) is 14.8 Å². The van der Waals surface area contributed by atoms with E-state index in [2.05, 4.69) is 11.1 Å². The van der Waals surface area contributed by atoms with Crippen molar-refractivity contribution < 1.29 is 9.59 Å². The molecule has 6 nitrogen and oxygen atoms in total. The molecule has 128 valence electrons. The first-order valence-electron chi connectivity index (χ1n) is 8.38. The van der Waals surface area contributed by atoms with E-state index < -0.39 is 11.9 Å². The number of likely N-dealkylation sites (N-methyl/N-ethyl adjacent to an activating group) is 1. The second-order valence-corrected chi connectivity index (χ2v) is 6.48.